The number of aryl methyl sites for hydroxylation is 1. The molecule has 11 heteroatoms. The summed E-state index contributed by atoms with van der Waals surface area (Å²) in [5.41, 5.74) is 3.09. The van der Waals surface area contributed by atoms with Gasteiger partial charge in [-0.3, -0.25) is 9.48 Å². The van der Waals surface area contributed by atoms with E-state index in [1.807, 2.05) is 24.3 Å². The summed E-state index contributed by atoms with van der Waals surface area (Å²) in [6.45, 7) is 0.429. The lowest BCUT2D eigenvalue weighted by Gasteiger charge is -2.32. The molecule has 1 unspecified atom stereocenters. The second kappa shape index (κ2) is 7.08. The first-order chi connectivity index (χ1) is 15.7. The van der Waals surface area contributed by atoms with Crippen LogP contribution in [0.2, 0.25) is 0 Å². The van der Waals surface area contributed by atoms with Gasteiger partial charge in [-0.1, -0.05) is 18.2 Å². The van der Waals surface area contributed by atoms with Crippen molar-refractivity contribution in [2.45, 2.75) is 12.5 Å². The Bertz CT molecular complexity index is 1450. The van der Waals surface area contributed by atoms with Gasteiger partial charge in [-0.25, -0.2) is 15.0 Å². The first-order valence-electron chi connectivity index (χ1n) is 10.1. The average Bonchev–Trinajstić information content (AvgIpc) is 3.58. The van der Waals surface area contributed by atoms with Gasteiger partial charge in [-0.15, -0.1) is 10.2 Å². The van der Waals surface area contributed by atoms with Crippen LogP contribution in [0.25, 0.3) is 22.5 Å². The first kappa shape index (κ1) is 18.4. The topological polar surface area (TPSA) is 132 Å². The first-order valence-corrected chi connectivity index (χ1v) is 10.1. The highest BCUT2D eigenvalue weighted by Crippen LogP contribution is 2.33. The van der Waals surface area contributed by atoms with E-state index in [2.05, 4.69) is 30.2 Å². The Morgan fingerprint density at radius 2 is 2.09 bits per heavy atom. The van der Waals surface area contributed by atoms with Gasteiger partial charge in [0.15, 0.2) is 5.82 Å². The number of nitrogens with zero attached hydrogens (tertiary/aromatic N) is 8. The van der Waals surface area contributed by atoms with Gasteiger partial charge in [0.1, 0.15) is 11.7 Å². The summed E-state index contributed by atoms with van der Waals surface area (Å²) >= 11 is 0. The smallest absolute Gasteiger partial charge is 0.312 e. The van der Waals surface area contributed by atoms with E-state index in [-0.39, 0.29) is 11.8 Å². The van der Waals surface area contributed by atoms with Gasteiger partial charge in [0, 0.05) is 43.5 Å². The van der Waals surface area contributed by atoms with Crippen LogP contribution >= 0.6 is 0 Å². The minimum atomic E-state index is -0.575. The molecule has 0 radical (unpaired) electrons. The molecule has 0 spiro atoms. The van der Waals surface area contributed by atoms with Crippen LogP contribution in [0, 0.1) is 0 Å². The van der Waals surface area contributed by atoms with Gasteiger partial charge in [-0.05, 0) is 12.1 Å². The number of fused-ring (bicyclic) bond motifs is 2. The number of carbonyl (C=O) groups is 1. The minimum Gasteiger partial charge on any atom is -0.411 e. The van der Waals surface area contributed by atoms with Crippen molar-refractivity contribution in [3.63, 3.8) is 0 Å². The second-order valence-electron chi connectivity index (χ2n) is 7.46. The summed E-state index contributed by atoms with van der Waals surface area (Å²) in [5.74, 6) is 0.202. The summed E-state index contributed by atoms with van der Waals surface area (Å²) in [5, 5.41) is 13.0. The lowest BCUT2D eigenvalue weighted by molar-refractivity contribution is 0.0643. The molecule has 11 nitrogen and oxygen atoms in total. The third kappa shape index (κ3) is 2.86. The Labute approximate surface area is 181 Å². The zero-order valence-electron chi connectivity index (χ0n) is 17.0. The number of rotatable bonds is 3. The lowest BCUT2D eigenvalue weighted by Crippen LogP contribution is -2.41. The molecule has 0 bridgehead atoms. The van der Waals surface area contributed by atoms with Crippen molar-refractivity contribution < 1.29 is 9.21 Å². The molecule has 1 N–H and O–H groups in total. The Morgan fingerprint density at radius 1 is 1.19 bits per heavy atom. The number of aromatic nitrogens is 8. The predicted octanol–water partition coefficient (Wildman–Crippen LogP) is 1.92. The maximum absolute atomic E-state index is 13.5. The van der Waals surface area contributed by atoms with Gasteiger partial charge in [0.2, 0.25) is 0 Å². The third-order valence-electron chi connectivity index (χ3n) is 5.59. The van der Waals surface area contributed by atoms with Crippen molar-refractivity contribution in [2.75, 3.05) is 6.54 Å². The Morgan fingerprint density at radius 3 is 2.97 bits per heavy atom. The number of nitrogens with one attached hydrogen (secondary N) is 1. The van der Waals surface area contributed by atoms with Crippen LogP contribution in [0.1, 0.15) is 33.9 Å². The van der Waals surface area contributed by atoms with Crippen LogP contribution in [-0.4, -0.2) is 57.3 Å². The fourth-order valence-corrected chi connectivity index (χ4v) is 3.99. The van der Waals surface area contributed by atoms with Crippen molar-refractivity contribution in [1.29, 1.82) is 0 Å². The number of H-pyrrole nitrogens is 1. The fourth-order valence-electron chi connectivity index (χ4n) is 3.99. The molecule has 0 aliphatic carbocycles. The Kier molecular flexibility index (Phi) is 4.06. The molecule has 1 atom stereocenters. The minimum absolute atomic E-state index is 0.106. The van der Waals surface area contributed by atoms with Crippen LogP contribution in [0.3, 0.4) is 0 Å². The predicted molar refractivity (Wildman–Crippen MR) is 111 cm³/mol. The standard InChI is InChI=1S/C21H17N9O2/c1-29-15(6-8-25-29)19-27-28-20(32-19)21(31)30-9-7-14-16(24-11-23-14)17(30)18-22-10-12-4-2-3-5-13(12)26-18/h2-6,8,10-11,17H,7,9H2,1H3,(H,23,24). The summed E-state index contributed by atoms with van der Waals surface area (Å²) in [7, 11) is 1.76. The number of carbonyl (C=O) groups excluding carboxylic acids is 1. The van der Waals surface area contributed by atoms with Gasteiger partial charge in [-0.2, -0.15) is 5.10 Å². The molecule has 5 heterocycles. The molecular weight excluding hydrogens is 410 g/mol. The molecule has 4 aromatic heterocycles. The maximum Gasteiger partial charge on any atom is 0.312 e. The molecule has 158 valence electrons. The van der Waals surface area contributed by atoms with E-state index >= 15 is 0 Å². The molecule has 0 saturated carbocycles. The van der Waals surface area contributed by atoms with E-state index in [1.165, 1.54) is 0 Å². The number of aromatic amines is 1. The van der Waals surface area contributed by atoms with Crippen LogP contribution in [0.4, 0.5) is 0 Å². The summed E-state index contributed by atoms with van der Waals surface area (Å²) in [6, 6.07) is 8.88. The molecular formula is C21H17N9O2. The molecule has 6 rings (SSSR count). The molecule has 5 aromatic rings. The molecule has 1 aromatic carbocycles. The number of hydrogen-bond donors (Lipinski definition) is 1. The summed E-state index contributed by atoms with van der Waals surface area (Å²) < 4.78 is 7.31. The van der Waals surface area contributed by atoms with Crippen LogP contribution < -0.4 is 0 Å². The van der Waals surface area contributed by atoms with Crippen LogP contribution in [0.15, 0.2) is 53.5 Å². The lowest BCUT2D eigenvalue weighted by atomic mass is 10.0. The molecule has 1 aliphatic heterocycles. The largest absolute Gasteiger partial charge is 0.411 e. The molecule has 0 saturated heterocycles. The van der Waals surface area contributed by atoms with E-state index in [0.717, 1.165) is 16.6 Å². The summed E-state index contributed by atoms with van der Waals surface area (Å²) in [6.07, 6.45) is 5.63. The van der Waals surface area contributed by atoms with E-state index in [9.17, 15) is 4.79 Å². The SMILES string of the molecule is Cn1nccc1-c1nnc(C(=O)N2CCc3[nH]cnc3C2c2ncc3ccccc3n2)o1. The highest BCUT2D eigenvalue weighted by atomic mass is 16.4. The molecule has 0 fully saturated rings. The molecule has 32 heavy (non-hydrogen) atoms. The van der Waals surface area contributed by atoms with E-state index < -0.39 is 11.9 Å². The van der Waals surface area contributed by atoms with Gasteiger partial charge >= 0.3 is 11.8 Å². The highest BCUT2D eigenvalue weighted by Gasteiger charge is 2.38. The van der Waals surface area contributed by atoms with Crippen molar-refractivity contribution >= 4 is 16.8 Å². The Balaban J connectivity index is 1.41. The van der Waals surface area contributed by atoms with E-state index in [4.69, 9.17) is 9.40 Å². The number of amides is 1. The normalized spacial score (nSPS) is 15.8. The monoisotopic (exact) mass is 427 g/mol. The van der Waals surface area contributed by atoms with Crippen molar-refractivity contribution in [2.24, 2.45) is 7.05 Å². The molecule has 1 amide bonds. The van der Waals surface area contributed by atoms with Crippen molar-refractivity contribution in [1.82, 2.24) is 44.8 Å². The van der Waals surface area contributed by atoms with Crippen molar-refractivity contribution in [3.8, 4) is 11.6 Å². The maximum atomic E-state index is 13.5. The number of hydrogen-bond acceptors (Lipinski definition) is 8. The zero-order valence-corrected chi connectivity index (χ0v) is 17.0. The average molecular weight is 427 g/mol. The van der Waals surface area contributed by atoms with E-state index in [1.54, 1.807) is 41.4 Å². The van der Waals surface area contributed by atoms with Gasteiger partial charge < -0.3 is 14.3 Å². The Hall–Kier alpha value is -4.41. The number of imidazole rings is 1. The van der Waals surface area contributed by atoms with E-state index in [0.29, 0.717) is 30.2 Å². The van der Waals surface area contributed by atoms with Crippen molar-refractivity contribution in [3.05, 3.63) is 72.2 Å². The number of benzene rings is 1. The van der Waals surface area contributed by atoms with Crippen LogP contribution in [-0.2, 0) is 13.5 Å². The quantitative estimate of drug-likeness (QED) is 0.462. The molecule has 1 aliphatic rings. The zero-order chi connectivity index (χ0) is 21.7. The summed E-state index contributed by atoms with van der Waals surface area (Å²) in [4.78, 5) is 32.0. The second-order valence-corrected chi connectivity index (χ2v) is 7.46. The van der Waals surface area contributed by atoms with Crippen LogP contribution in [0.5, 0.6) is 0 Å². The van der Waals surface area contributed by atoms with Gasteiger partial charge in [0.25, 0.3) is 5.89 Å². The third-order valence-corrected chi connectivity index (χ3v) is 5.59. The number of para-hydroxylation sites is 1. The highest BCUT2D eigenvalue weighted by molar-refractivity contribution is 5.90. The van der Waals surface area contributed by atoms with Gasteiger partial charge in [0.05, 0.1) is 17.5 Å². The fraction of sp³-hybridized carbons (Fsp3) is 0.190.